The zero-order chi connectivity index (χ0) is 23.0. The van der Waals surface area contributed by atoms with Crippen molar-refractivity contribution in [2.24, 2.45) is 0 Å². The molecular formula is C25H26N4O4. The molecule has 0 saturated heterocycles. The van der Waals surface area contributed by atoms with Crippen LogP contribution in [-0.4, -0.2) is 35.3 Å². The fourth-order valence-electron chi connectivity index (χ4n) is 4.08. The van der Waals surface area contributed by atoms with Crippen LogP contribution in [0.1, 0.15) is 47.8 Å². The second-order valence-corrected chi connectivity index (χ2v) is 7.93. The number of carbonyl (C=O) groups excluding carboxylic acids is 3. The maximum Gasteiger partial charge on any atom is 0.287 e. The Morgan fingerprint density at radius 2 is 1.73 bits per heavy atom. The third-order valence-electron chi connectivity index (χ3n) is 5.68. The second kappa shape index (κ2) is 10.6. The van der Waals surface area contributed by atoms with Gasteiger partial charge in [0.2, 0.25) is 11.8 Å². The average molecular weight is 447 g/mol. The molecule has 1 aromatic carbocycles. The number of nitrogens with one attached hydrogen (secondary N) is 2. The fraction of sp³-hybridized carbons (Fsp3) is 0.280. The number of furan rings is 1. The highest BCUT2D eigenvalue weighted by Crippen LogP contribution is 2.29. The van der Waals surface area contributed by atoms with E-state index in [0.29, 0.717) is 11.3 Å². The van der Waals surface area contributed by atoms with Gasteiger partial charge < -0.3 is 15.1 Å². The van der Waals surface area contributed by atoms with Gasteiger partial charge in [-0.1, -0.05) is 31.0 Å². The predicted molar refractivity (Wildman–Crippen MR) is 122 cm³/mol. The number of hydrogen-bond acceptors (Lipinski definition) is 5. The van der Waals surface area contributed by atoms with Gasteiger partial charge in [0.05, 0.1) is 12.8 Å². The van der Waals surface area contributed by atoms with E-state index in [0.717, 1.165) is 25.7 Å². The van der Waals surface area contributed by atoms with Crippen molar-refractivity contribution in [3.8, 4) is 0 Å². The van der Waals surface area contributed by atoms with E-state index in [2.05, 4.69) is 15.6 Å². The molecule has 0 bridgehead atoms. The van der Waals surface area contributed by atoms with Crippen molar-refractivity contribution in [2.75, 3.05) is 11.4 Å². The lowest BCUT2D eigenvalue weighted by Gasteiger charge is -2.32. The van der Waals surface area contributed by atoms with Gasteiger partial charge in [0, 0.05) is 24.1 Å². The topological polar surface area (TPSA) is 105 Å². The van der Waals surface area contributed by atoms with Crippen LogP contribution < -0.4 is 15.5 Å². The maximum absolute atomic E-state index is 13.5. The van der Waals surface area contributed by atoms with Crippen LogP contribution in [0.4, 0.5) is 5.69 Å². The molecule has 33 heavy (non-hydrogen) atoms. The van der Waals surface area contributed by atoms with Crippen molar-refractivity contribution < 1.29 is 18.8 Å². The molecule has 3 aromatic rings. The molecule has 3 amide bonds. The minimum absolute atomic E-state index is 0.0909. The van der Waals surface area contributed by atoms with E-state index in [-0.39, 0.29) is 24.3 Å². The number of benzene rings is 1. The van der Waals surface area contributed by atoms with Crippen molar-refractivity contribution in [3.05, 3.63) is 84.6 Å². The third-order valence-corrected chi connectivity index (χ3v) is 5.68. The number of rotatable bonds is 8. The molecule has 1 aliphatic rings. The van der Waals surface area contributed by atoms with Gasteiger partial charge in [-0.25, -0.2) is 0 Å². The molecule has 1 atom stereocenters. The first-order valence-electron chi connectivity index (χ1n) is 11.0. The highest BCUT2D eigenvalue weighted by Gasteiger charge is 2.34. The summed E-state index contributed by atoms with van der Waals surface area (Å²) in [5.74, 6) is -1.08. The zero-order valence-corrected chi connectivity index (χ0v) is 18.1. The molecule has 2 N–H and O–H groups in total. The summed E-state index contributed by atoms with van der Waals surface area (Å²) in [6.07, 6.45) is 8.57. The molecule has 1 saturated carbocycles. The smallest absolute Gasteiger partial charge is 0.287 e. The molecule has 2 heterocycles. The normalized spacial score (nSPS) is 14.4. The summed E-state index contributed by atoms with van der Waals surface area (Å²) in [4.78, 5) is 44.8. The number of nitrogens with zero attached hydrogens (tertiary/aromatic N) is 2. The molecule has 8 heteroatoms. The average Bonchev–Trinajstić information content (AvgIpc) is 3.56. The first-order chi connectivity index (χ1) is 16.1. The van der Waals surface area contributed by atoms with E-state index in [4.69, 9.17) is 4.42 Å². The minimum atomic E-state index is -0.913. The van der Waals surface area contributed by atoms with Gasteiger partial charge in [-0.15, -0.1) is 0 Å². The van der Waals surface area contributed by atoms with Gasteiger partial charge in [0.15, 0.2) is 5.76 Å². The monoisotopic (exact) mass is 446 g/mol. The van der Waals surface area contributed by atoms with Gasteiger partial charge in [-0.2, -0.15) is 0 Å². The molecule has 0 spiro atoms. The maximum atomic E-state index is 13.5. The van der Waals surface area contributed by atoms with Crippen LogP contribution in [0.25, 0.3) is 0 Å². The van der Waals surface area contributed by atoms with Crippen LogP contribution in [0.5, 0.6) is 0 Å². The second-order valence-electron chi connectivity index (χ2n) is 7.93. The van der Waals surface area contributed by atoms with E-state index in [1.807, 2.05) is 6.07 Å². The molecule has 0 aliphatic heterocycles. The molecule has 0 unspecified atom stereocenters. The summed E-state index contributed by atoms with van der Waals surface area (Å²) < 4.78 is 5.09. The molecule has 170 valence electrons. The van der Waals surface area contributed by atoms with Crippen LogP contribution in [0.3, 0.4) is 0 Å². The fourth-order valence-corrected chi connectivity index (χ4v) is 4.08. The third kappa shape index (κ3) is 5.46. The van der Waals surface area contributed by atoms with Crippen LogP contribution in [0, 0.1) is 0 Å². The largest absolute Gasteiger partial charge is 0.459 e. The van der Waals surface area contributed by atoms with Gasteiger partial charge in [0.1, 0.15) is 6.04 Å². The van der Waals surface area contributed by atoms with E-state index in [9.17, 15) is 14.4 Å². The lowest BCUT2D eigenvalue weighted by atomic mass is 10.0. The number of amides is 3. The summed E-state index contributed by atoms with van der Waals surface area (Å²) in [6.45, 7) is -0.299. The summed E-state index contributed by atoms with van der Waals surface area (Å²) in [6, 6.07) is 14.7. The predicted octanol–water partition coefficient (Wildman–Crippen LogP) is 3.24. The van der Waals surface area contributed by atoms with Crippen LogP contribution in [-0.2, 0) is 9.59 Å². The number of aromatic nitrogens is 1. The summed E-state index contributed by atoms with van der Waals surface area (Å²) in [7, 11) is 0. The van der Waals surface area contributed by atoms with Gasteiger partial charge in [-0.05, 0) is 54.8 Å². The van der Waals surface area contributed by atoms with Gasteiger partial charge in [-0.3, -0.25) is 24.3 Å². The number of hydrogen-bond donors (Lipinski definition) is 2. The Labute approximate surface area is 192 Å². The lowest BCUT2D eigenvalue weighted by molar-refractivity contribution is -0.126. The standard InChI is InChI=1S/C25H26N4O4/c30-22(17-27-24(31)21-11-6-16-33-21)29(20-9-2-1-3-10-20)23(18-12-14-26-15-13-18)25(32)28-19-7-4-5-8-19/h1-3,6,9-16,19,23H,4-5,7-8,17H2,(H,27,31)(H,28,32)/t23-/m0/s1. The Morgan fingerprint density at radius 3 is 2.39 bits per heavy atom. The number of anilines is 1. The number of carbonyl (C=O) groups is 3. The van der Waals surface area contributed by atoms with Crippen molar-refractivity contribution in [2.45, 2.75) is 37.8 Å². The minimum Gasteiger partial charge on any atom is -0.459 e. The Kier molecular flexibility index (Phi) is 7.14. The Morgan fingerprint density at radius 1 is 1.00 bits per heavy atom. The SMILES string of the molecule is O=C(NCC(=O)N(c1ccccc1)[C@H](C(=O)NC1CCCC1)c1ccncc1)c1ccco1. The first kappa shape index (κ1) is 22.3. The molecule has 8 nitrogen and oxygen atoms in total. The van der Waals surface area contributed by atoms with Crippen molar-refractivity contribution in [1.29, 1.82) is 0 Å². The summed E-state index contributed by atoms with van der Waals surface area (Å²) in [5, 5.41) is 5.70. The lowest BCUT2D eigenvalue weighted by Crippen LogP contribution is -2.49. The molecule has 0 radical (unpaired) electrons. The summed E-state index contributed by atoms with van der Waals surface area (Å²) >= 11 is 0. The molecule has 1 aliphatic carbocycles. The van der Waals surface area contributed by atoms with Crippen molar-refractivity contribution in [1.82, 2.24) is 15.6 Å². The quantitative estimate of drug-likeness (QED) is 0.553. The first-order valence-corrected chi connectivity index (χ1v) is 11.0. The summed E-state index contributed by atoms with van der Waals surface area (Å²) in [5.41, 5.74) is 1.19. The van der Waals surface area contributed by atoms with Crippen LogP contribution in [0.15, 0.2) is 77.7 Å². The zero-order valence-electron chi connectivity index (χ0n) is 18.1. The molecule has 1 fully saturated rings. The Bertz CT molecular complexity index is 1060. The van der Waals surface area contributed by atoms with Crippen molar-refractivity contribution in [3.63, 3.8) is 0 Å². The van der Waals surface area contributed by atoms with E-state index >= 15 is 0 Å². The number of para-hydroxylation sites is 1. The molecule has 4 rings (SSSR count). The highest BCUT2D eigenvalue weighted by molar-refractivity contribution is 6.04. The van der Waals surface area contributed by atoms with Crippen LogP contribution >= 0.6 is 0 Å². The van der Waals surface area contributed by atoms with Gasteiger partial charge in [0.25, 0.3) is 5.91 Å². The Hall–Kier alpha value is -3.94. The van der Waals surface area contributed by atoms with Gasteiger partial charge >= 0.3 is 0 Å². The Balaban J connectivity index is 1.63. The highest BCUT2D eigenvalue weighted by atomic mass is 16.3. The van der Waals surface area contributed by atoms with E-state index in [1.54, 1.807) is 54.9 Å². The van der Waals surface area contributed by atoms with E-state index in [1.165, 1.54) is 17.2 Å². The molecular weight excluding hydrogens is 420 g/mol. The van der Waals surface area contributed by atoms with E-state index < -0.39 is 17.9 Å². The van der Waals surface area contributed by atoms with Crippen LogP contribution in [0.2, 0.25) is 0 Å². The number of pyridine rings is 1. The molecule has 2 aromatic heterocycles. The van der Waals surface area contributed by atoms with Crippen molar-refractivity contribution >= 4 is 23.4 Å².